The molecule has 0 spiro atoms. The van der Waals surface area contributed by atoms with Crippen LogP contribution in [-0.4, -0.2) is 27.7 Å². The van der Waals surface area contributed by atoms with E-state index in [0.29, 0.717) is 18.6 Å². The van der Waals surface area contributed by atoms with Gasteiger partial charge in [-0.2, -0.15) is 0 Å². The van der Waals surface area contributed by atoms with Crippen LogP contribution in [0.2, 0.25) is 0 Å². The van der Waals surface area contributed by atoms with Crippen LogP contribution in [-0.2, 0) is 16.0 Å². The van der Waals surface area contributed by atoms with E-state index in [1.807, 2.05) is 91.0 Å². The summed E-state index contributed by atoms with van der Waals surface area (Å²) in [6, 6.07) is 28.4. The SMILES string of the molecule is O=C([C@@H](Cc1ccccc1)[C@H](O)c1ccccc1)N1C(=S)OC[C@@H]1c1ccccc1. The summed E-state index contributed by atoms with van der Waals surface area (Å²) in [6.45, 7) is 0.314. The zero-order chi connectivity index (χ0) is 20.9. The van der Waals surface area contributed by atoms with Gasteiger partial charge in [-0.05, 0) is 35.3 Å². The molecular weight excluding hydrogens is 394 g/mol. The quantitative estimate of drug-likeness (QED) is 0.602. The van der Waals surface area contributed by atoms with Crippen LogP contribution >= 0.6 is 12.2 Å². The predicted octanol–water partition coefficient (Wildman–Crippen LogP) is 4.46. The van der Waals surface area contributed by atoms with Gasteiger partial charge in [0.2, 0.25) is 5.91 Å². The van der Waals surface area contributed by atoms with Crippen LogP contribution in [0.15, 0.2) is 91.0 Å². The Morgan fingerprint density at radius 2 is 1.53 bits per heavy atom. The largest absolute Gasteiger partial charge is 0.468 e. The molecule has 1 fully saturated rings. The highest BCUT2D eigenvalue weighted by molar-refractivity contribution is 7.80. The van der Waals surface area contributed by atoms with E-state index in [1.54, 1.807) is 0 Å². The number of hydrogen-bond donors (Lipinski definition) is 1. The van der Waals surface area contributed by atoms with Crippen LogP contribution in [0, 0.1) is 5.92 Å². The standard InChI is InChI=1S/C25H23NO3S/c27-23(20-14-8-3-9-15-20)21(16-18-10-4-1-5-11-18)24(28)26-22(17-29-25(26)30)19-12-6-2-7-13-19/h1-15,21-23,27H,16-17H2/t21-,22+,23+/m0/s1. The molecule has 3 aromatic carbocycles. The summed E-state index contributed by atoms with van der Waals surface area (Å²) >= 11 is 5.38. The predicted molar refractivity (Wildman–Crippen MR) is 120 cm³/mol. The van der Waals surface area contributed by atoms with Gasteiger partial charge >= 0.3 is 0 Å². The monoisotopic (exact) mass is 417 g/mol. The van der Waals surface area contributed by atoms with E-state index < -0.39 is 12.0 Å². The molecule has 1 amide bonds. The van der Waals surface area contributed by atoms with Crippen molar-refractivity contribution >= 4 is 23.3 Å². The van der Waals surface area contributed by atoms with E-state index in [4.69, 9.17) is 17.0 Å². The zero-order valence-electron chi connectivity index (χ0n) is 16.4. The van der Waals surface area contributed by atoms with Crippen molar-refractivity contribution in [1.82, 2.24) is 4.90 Å². The molecule has 0 radical (unpaired) electrons. The summed E-state index contributed by atoms with van der Waals surface area (Å²) in [4.78, 5) is 15.3. The van der Waals surface area contributed by atoms with Crippen molar-refractivity contribution in [3.8, 4) is 0 Å². The highest BCUT2D eigenvalue weighted by Crippen LogP contribution is 2.34. The molecule has 0 unspecified atom stereocenters. The van der Waals surface area contributed by atoms with Crippen LogP contribution in [0.4, 0.5) is 0 Å². The number of carbonyl (C=O) groups excluding carboxylic acids is 1. The molecule has 1 aliphatic rings. The van der Waals surface area contributed by atoms with Crippen molar-refractivity contribution in [1.29, 1.82) is 0 Å². The molecule has 0 saturated carbocycles. The lowest BCUT2D eigenvalue weighted by molar-refractivity contribution is -0.136. The third kappa shape index (κ3) is 4.27. The van der Waals surface area contributed by atoms with Gasteiger partial charge in [-0.3, -0.25) is 9.69 Å². The fraction of sp³-hybridized carbons (Fsp3) is 0.200. The average molecular weight is 418 g/mol. The zero-order valence-corrected chi connectivity index (χ0v) is 17.2. The Morgan fingerprint density at radius 1 is 0.967 bits per heavy atom. The van der Waals surface area contributed by atoms with Crippen molar-refractivity contribution in [2.24, 2.45) is 5.92 Å². The Labute approximate surface area is 181 Å². The maximum atomic E-state index is 13.8. The lowest BCUT2D eigenvalue weighted by Gasteiger charge is -2.29. The first-order chi connectivity index (χ1) is 14.6. The topological polar surface area (TPSA) is 49.8 Å². The molecule has 3 atom stereocenters. The molecule has 1 saturated heterocycles. The first-order valence-electron chi connectivity index (χ1n) is 9.97. The van der Waals surface area contributed by atoms with Crippen LogP contribution < -0.4 is 0 Å². The number of hydrogen-bond acceptors (Lipinski definition) is 4. The fourth-order valence-electron chi connectivity index (χ4n) is 3.85. The van der Waals surface area contributed by atoms with Crippen LogP contribution in [0.3, 0.4) is 0 Å². The number of carbonyl (C=O) groups is 1. The Hall–Kier alpha value is -3.02. The van der Waals surface area contributed by atoms with Gasteiger partial charge in [0.25, 0.3) is 5.17 Å². The van der Waals surface area contributed by atoms with Crippen LogP contribution in [0.5, 0.6) is 0 Å². The van der Waals surface area contributed by atoms with Crippen molar-refractivity contribution in [2.75, 3.05) is 6.61 Å². The number of aliphatic hydroxyl groups excluding tert-OH is 1. The lowest BCUT2D eigenvalue weighted by Crippen LogP contribution is -2.41. The minimum Gasteiger partial charge on any atom is -0.468 e. The van der Waals surface area contributed by atoms with Crippen molar-refractivity contribution < 1.29 is 14.6 Å². The first-order valence-corrected chi connectivity index (χ1v) is 10.4. The van der Waals surface area contributed by atoms with Gasteiger partial charge in [-0.25, -0.2) is 0 Å². The molecule has 4 rings (SSSR count). The van der Waals surface area contributed by atoms with Gasteiger partial charge in [0.05, 0.1) is 18.1 Å². The lowest BCUT2D eigenvalue weighted by atomic mass is 9.88. The maximum Gasteiger partial charge on any atom is 0.266 e. The molecule has 0 aromatic heterocycles. The number of ether oxygens (including phenoxy) is 1. The van der Waals surface area contributed by atoms with Gasteiger partial charge < -0.3 is 9.84 Å². The van der Waals surface area contributed by atoms with Crippen molar-refractivity contribution in [3.63, 3.8) is 0 Å². The maximum absolute atomic E-state index is 13.8. The minimum atomic E-state index is -0.960. The molecule has 3 aromatic rings. The van der Waals surface area contributed by atoms with Gasteiger partial charge in [0.15, 0.2) is 0 Å². The Balaban J connectivity index is 1.68. The Kier molecular flexibility index (Phi) is 6.21. The summed E-state index contributed by atoms with van der Waals surface area (Å²) in [7, 11) is 0. The number of aliphatic hydroxyl groups is 1. The molecular formula is C25H23NO3S. The number of nitrogens with zero attached hydrogens (tertiary/aromatic N) is 1. The highest BCUT2D eigenvalue weighted by Gasteiger charge is 2.41. The molecule has 152 valence electrons. The fourth-order valence-corrected chi connectivity index (χ4v) is 4.13. The van der Waals surface area contributed by atoms with Crippen LogP contribution in [0.25, 0.3) is 0 Å². The average Bonchev–Trinajstić information content (AvgIpc) is 3.20. The van der Waals surface area contributed by atoms with Crippen LogP contribution in [0.1, 0.15) is 28.8 Å². The number of amides is 1. The molecule has 5 heteroatoms. The second kappa shape index (κ2) is 9.20. The van der Waals surface area contributed by atoms with Crippen molar-refractivity contribution in [2.45, 2.75) is 18.6 Å². The number of thiocarbonyl (C=S) groups is 1. The smallest absolute Gasteiger partial charge is 0.266 e. The summed E-state index contributed by atoms with van der Waals surface area (Å²) in [6.07, 6.45) is -0.560. The van der Waals surface area contributed by atoms with E-state index in [9.17, 15) is 9.90 Å². The van der Waals surface area contributed by atoms with E-state index in [0.717, 1.165) is 11.1 Å². The first kappa shape index (κ1) is 20.3. The Morgan fingerprint density at radius 3 is 2.17 bits per heavy atom. The van der Waals surface area contributed by atoms with E-state index in [1.165, 1.54) is 4.90 Å². The van der Waals surface area contributed by atoms with E-state index in [-0.39, 0.29) is 17.1 Å². The number of benzene rings is 3. The highest BCUT2D eigenvalue weighted by atomic mass is 32.1. The second-order valence-corrected chi connectivity index (χ2v) is 7.71. The second-order valence-electron chi connectivity index (χ2n) is 7.36. The van der Waals surface area contributed by atoms with Gasteiger partial charge in [0.1, 0.15) is 6.61 Å². The normalized spacial score (nSPS) is 18.0. The summed E-state index contributed by atoms with van der Waals surface area (Å²) in [5, 5.41) is 11.3. The molecule has 0 aliphatic carbocycles. The molecule has 1 N–H and O–H groups in total. The summed E-state index contributed by atoms with van der Waals surface area (Å²) < 4.78 is 5.59. The summed E-state index contributed by atoms with van der Waals surface area (Å²) in [5.74, 6) is -0.924. The summed E-state index contributed by atoms with van der Waals surface area (Å²) in [5.41, 5.74) is 2.64. The molecule has 1 heterocycles. The third-order valence-corrected chi connectivity index (χ3v) is 5.75. The molecule has 30 heavy (non-hydrogen) atoms. The molecule has 1 aliphatic heterocycles. The molecule has 0 bridgehead atoms. The Bertz CT molecular complexity index is 995. The molecule has 4 nitrogen and oxygen atoms in total. The minimum absolute atomic E-state index is 0.159. The van der Waals surface area contributed by atoms with E-state index in [2.05, 4.69) is 0 Å². The van der Waals surface area contributed by atoms with Gasteiger partial charge in [-0.1, -0.05) is 91.0 Å². The van der Waals surface area contributed by atoms with E-state index >= 15 is 0 Å². The third-order valence-electron chi connectivity index (χ3n) is 5.43. The van der Waals surface area contributed by atoms with Gasteiger partial charge in [0, 0.05) is 0 Å². The van der Waals surface area contributed by atoms with Crippen molar-refractivity contribution in [3.05, 3.63) is 108 Å². The van der Waals surface area contributed by atoms with Gasteiger partial charge in [-0.15, -0.1) is 0 Å². The number of rotatable bonds is 6.